The minimum absolute atomic E-state index is 0.0213. The van der Waals surface area contributed by atoms with Crippen LogP contribution in [0.5, 0.6) is 0 Å². The van der Waals surface area contributed by atoms with Gasteiger partial charge in [0.25, 0.3) is 5.89 Å². The molecule has 0 aliphatic rings. The number of hydrogen-bond acceptors (Lipinski definition) is 7. The van der Waals surface area contributed by atoms with E-state index in [0.717, 1.165) is 16.8 Å². The Balaban J connectivity index is 0.000000540. The average Bonchev–Trinajstić information content (AvgIpc) is 3.41. The van der Waals surface area contributed by atoms with Crippen LogP contribution in [0, 0.1) is 0 Å². The number of nitrogens with one attached hydrogen (secondary N) is 1. The summed E-state index contributed by atoms with van der Waals surface area (Å²) in [6, 6.07) is 6.63. The van der Waals surface area contributed by atoms with Crippen molar-refractivity contribution >= 4 is 28.9 Å². The topological polar surface area (TPSA) is 140 Å². The molecule has 0 spiro atoms. The van der Waals surface area contributed by atoms with Crippen molar-refractivity contribution in [1.29, 1.82) is 0 Å². The lowest BCUT2D eigenvalue weighted by Crippen LogP contribution is -2.21. The summed E-state index contributed by atoms with van der Waals surface area (Å²) in [7, 11) is 0. The molecule has 190 valence electrons. The minimum Gasteiger partial charge on any atom is -0.475 e. The molecular weight excluding hydrogens is 510 g/mol. The van der Waals surface area contributed by atoms with Crippen LogP contribution in [0.1, 0.15) is 17.5 Å². The molecule has 0 fully saturated rings. The maximum Gasteiger partial charge on any atom is 0.490 e. The Bertz CT molecular complexity index is 1220. The van der Waals surface area contributed by atoms with Gasteiger partial charge in [0.1, 0.15) is 0 Å². The molecule has 1 amide bonds. The summed E-state index contributed by atoms with van der Waals surface area (Å²) < 4.78 is 76.6. The zero-order valence-electron chi connectivity index (χ0n) is 17.3. The Morgan fingerprint density at radius 3 is 2.34 bits per heavy atom. The van der Waals surface area contributed by atoms with E-state index in [2.05, 4.69) is 10.4 Å². The Hall–Kier alpha value is -3.66. The van der Waals surface area contributed by atoms with Gasteiger partial charge in [-0.05, 0) is 35.2 Å². The summed E-state index contributed by atoms with van der Waals surface area (Å²) in [6.45, 7) is -0.186. The number of carbonyl (C=O) groups is 2. The minimum atomic E-state index is -5.08. The first-order valence-corrected chi connectivity index (χ1v) is 10.2. The van der Waals surface area contributed by atoms with Gasteiger partial charge < -0.3 is 20.6 Å². The Labute approximate surface area is 195 Å². The number of alkyl halides is 6. The van der Waals surface area contributed by atoms with Crippen LogP contribution in [0.2, 0.25) is 0 Å². The summed E-state index contributed by atoms with van der Waals surface area (Å²) in [5, 5.41) is 15.3. The summed E-state index contributed by atoms with van der Waals surface area (Å²) >= 11 is 1.34. The highest BCUT2D eigenvalue weighted by Gasteiger charge is 2.38. The van der Waals surface area contributed by atoms with E-state index in [4.69, 9.17) is 20.1 Å². The molecule has 0 unspecified atom stereocenters. The molecule has 2 heterocycles. The number of thiophene rings is 1. The number of carbonyl (C=O) groups excluding carboxylic acids is 1. The number of halogens is 6. The third kappa shape index (κ3) is 8.25. The van der Waals surface area contributed by atoms with Gasteiger partial charge in [0.15, 0.2) is 0 Å². The monoisotopic (exact) mass is 526 g/mol. The molecule has 16 heteroatoms. The number of nitrogens with two attached hydrogens (primary N) is 1. The number of hydrogen-bond donors (Lipinski definition) is 3. The van der Waals surface area contributed by atoms with Crippen molar-refractivity contribution in [2.75, 3.05) is 5.32 Å². The van der Waals surface area contributed by atoms with Crippen LogP contribution >= 0.6 is 11.3 Å². The van der Waals surface area contributed by atoms with E-state index in [1.54, 1.807) is 17.5 Å². The number of aliphatic carboxylic acids is 1. The molecular formula is C19H16F6N4O5S. The molecule has 3 aromatic rings. The van der Waals surface area contributed by atoms with Gasteiger partial charge in [-0.25, -0.2) is 9.59 Å². The summed E-state index contributed by atoms with van der Waals surface area (Å²) in [6.07, 6.45) is -9.82. The Morgan fingerprint density at radius 1 is 1.17 bits per heavy atom. The highest BCUT2D eigenvalue weighted by Crippen LogP contribution is 2.32. The van der Waals surface area contributed by atoms with E-state index in [9.17, 15) is 35.9 Å². The molecule has 0 aliphatic carbocycles. The highest BCUT2D eigenvalue weighted by atomic mass is 32.1. The number of rotatable bonds is 6. The van der Waals surface area contributed by atoms with E-state index >= 15 is 0 Å². The van der Waals surface area contributed by atoms with Gasteiger partial charge in [0, 0.05) is 18.7 Å². The number of carboxylic acid groups (broad SMARTS) is 1. The second-order valence-electron chi connectivity index (χ2n) is 6.60. The van der Waals surface area contributed by atoms with Crippen LogP contribution in [0.4, 0.5) is 32.0 Å². The van der Waals surface area contributed by atoms with Crippen LogP contribution in [0.3, 0.4) is 0 Å². The second-order valence-corrected chi connectivity index (χ2v) is 7.54. The van der Waals surface area contributed by atoms with E-state index in [1.165, 1.54) is 17.4 Å². The van der Waals surface area contributed by atoms with Gasteiger partial charge in [0.05, 0.1) is 17.0 Å². The summed E-state index contributed by atoms with van der Waals surface area (Å²) in [5.74, 6) is -3.91. The molecule has 0 radical (unpaired) electrons. The zero-order valence-corrected chi connectivity index (χ0v) is 18.1. The largest absolute Gasteiger partial charge is 0.490 e. The van der Waals surface area contributed by atoms with Crippen molar-refractivity contribution in [3.8, 4) is 10.8 Å². The molecule has 0 atom stereocenters. The van der Waals surface area contributed by atoms with Crippen molar-refractivity contribution < 1.29 is 45.5 Å². The third-order valence-corrected chi connectivity index (χ3v) is 4.83. The van der Waals surface area contributed by atoms with Crippen molar-refractivity contribution in [2.24, 2.45) is 5.73 Å². The standard InChI is InChI=1S/C17H15F3N4O3S.C2HF3O2/c18-17(19,20)11-6-10(9-21)7-12(8-11)22-14(25)3-4-24-16(26)27-15(23-24)13-2-1-5-28-13;3-2(4,5)1(6)7/h1-2,5-8H,3-4,9,21H2,(H,22,25);(H,6,7). The summed E-state index contributed by atoms with van der Waals surface area (Å²) in [5.41, 5.74) is 4.73. The predicted octanol–water partition coefficient (Wildman–Crippen LogP) is 3.70. The lowest BCUT2D eigenvalue weighted by Gasteiger charge is -2.12. The van der Waals surface area contributed by atoms with Gasteiger partial charge in [-0.1, -0.05) is 6.07 Å². The predicted molar refractivity (Wildman–Crippen MR) is 110 cm³/mol. The molecule has 2 aromatic heterocycles. The van der Waals surface area contributed by atoms with E-state index in [1.807, 2.05) is 0 Å². The molecule has 9 nitrogen and oxygen atoms in total. The number of benzene rings is 1. The normalized spacial score (nSPS) is 11.5. The lowest BCUT2D eigenvalue weighted by molar-refractivity contribution is -0.192. The molecule has 35 heavy (non-hydrogen) atoms. The van der Waals surface area contributed by atoms with E-state index in [0.29, 0.717) is 4.88 Å². The van der Waals surface area contributed by atoms with Gasteiger partial charge in [-0.15, -0.1) is 16.4 Å². The summed E-state index contributed by atoms with van der Waals surface area (Å²) in [4.78, 5) is 33.5. The number of aryl methyl sites for hydroxylation is 1. The zero-order chi connectivity index (χ0) is 26.4. The smallest absolute Gasteiger partial charge is 0.475 e. The fourth-order valence-electron chi connectivity index (χ4n) is 2.42. The van der Waals surface area contributed by atoms with E-state index < -0.39 is 35.5 Å². The number of carboxylic acids is 1. The number of amides is 1. The number of nitrogens with zero attached hydrogens (tertiary/aromatic N) is 2. The second kappa shape index (κ2) is 11.2. The third-order valence-electron chi connectivity index (χ3n) is 3.97. The maximum atomic E-state index is 12.9. The van der Waals surface area contributed by atoms with Gasteiger partial charge in [0.2, 0.25) is 5.91 Å². The number of anilines is 1. The van der Waals surface area contributed by atoms with Gasteiger partial charge in [-0.2, -0.15) is 31.0 Å². The van der Waals surface area contributed by atoms with Crippen LogP contribution < -0.4 is 16.8 Å². The SMILES string of the molecule is NCc1cc(NC(=O)CCn2nc(-c3cccs3)oc2=O)cc(C(F)(F)F)c1.O=C(O)C(F)(F)F. The molecule has 1 aromatic carbocycles. The fraction of sp³-hybridized carbons (Fsp3) is 0.263. The van der Waals surface area contributed by atoms with Crippen molar-refractivity contribution in [3.05, 3.63) is 57.4 Å². The number of aromatic nitrogens is 2. The first kappa shape index (κ1) is 27.6. The first-order chi connectivity index (χ1) is 16.2. The Kier molecular flexibility index (Phi) is 8.81. The molecule has 3 rings (SSSR count). The first-order valence-electron chi connectivity index (χ1n) is 9.33. The molecule has 0 bridgehead atoms. The van der Waals surface area contributed by atoms with Crippen LogP contribution in [-0.4, -0.2) is 32.9 Å². The van der Waals surface area contributed by atoms with Crippen LogP contribution in [0.15, 0.2) is 44.9 Å². The quantitative estimate of drug-likeness (QED) is 0.416. The molecule has 0 saturated heterocycles. The van der Waals surface area contributed by atoms with Gasteiger partial charge in [-0.3, -0.25) is 4.79 Å². The molecule has 0 aliphatic heterocycles. The lowest BCUT2D eigenvalue weighted by atomic mass is 10.1. The van der Waals surface area contributed by atoms with Crippen molar-refractivity contribution in [1.82, 2.24) is 9.78 Å². The highest BCUT2D eigenvalue weighted by molar-refractivity contribution is 7.13. The molecule has 0 saturated carbocycles. The van der Waals surface area contributed by atoms with Crippen molar-refractivity contribution in [3.63, 3.8) is 0 Å². The fourth-order valence-corrected chi connectivity index (χ4v) is 3.07. The van der Waals surface area contributed by atoms with Crippen LogP contribution in [0.25, 0.3) is 10.8 Å². The Morgan fingerprint density at radius 2 is 1.83 bits per heavy atom. The average molecular weight is 526 g/mol. The van der Waals surface area contributed by atoms with Crippen molar-refractivity contribution in [2.45, 2.75) is 31.9 Å². The van der Waals surface area contributed by atoms with Crippen LogP contribution in [-0.2, 0) is 28.9 Å². The van der Waals surface area contributed by atoms with Gasteiger partial charge >= 0.3 is 24.1 Å². The molecule has 4 N–H and O–H groups in total. The maximum absolute atomic E-state index is 12.9. The van der Waals surface area contributed by atoms with E-state index in [-0.39, 0.29) is 36.7 Å².